The number of aromatic carboxylic acids is 1. The molecule has 116 valence electrons. The summed E-state index contributed by atoms with van der Waals surface area (Å²) >= 11 is 1.22. The molecular formula is C17H18NO3S-. The van der Waals surface area contributed by atoms with Gasteiger partial charge in [-0.1, -0.05) is 32.9 Å². The smallest absolute Gasteiger partial charge is 0.256 e. The van der Waals surface area contributed by atoms with Crippen LogP contribution in [0.3, 0.4) is 0 Å². The number of nitrogens with one attached hydrogen (secondary N) is 1. The highest BCUT2D eigenvalue weighted by Crippen LogP contribution is 2.28. The van der Waals surface area contributed by atoms with Gasteiger partial charge in [-0.3, -0.25) is 4.79 Å². The van der Waals surface area contributed by atoms with E-state index >= 15 is 0 Å². The maximum Gasteiger partial charge on any atom is 0.256 e. The van der Waals surface area contributed by atoms with Crippen molar-refractivity contribution in [3.05, 3.63) is 51.9 Å². The number of carbonyl (C=O) groups excluding carboxylic acids is 2. The number of aryl methyl sites for hydroxylation is 1. The summed E-state index contributed by atoms with van der Waals surface area (Å²) in [7, 11) is 0. The summed E-state index contributed by atoms with van der Waals surface area (Å²) in [5.41, 5.74) is 1.65. The van der Waals surface area contributed by atoms with Crippen molar-refractivity contribution in [2.45, 2.75) is 33.1 Å². The van der Waals surface area contributed by atoms with Crippen LogP contribution in [0.2, 0.25) is 0 Å². The summed E-state index contributed by atoms with van der Waals surface area (Å²) in [6, 6.07) is 8.81. The molecule has 0 fully saturated rings. The summed E-state index contributed by atoms with van der Waals surface area (Å²) in [4.78, 5) is 24.1. The van der Waals surface area contributed by atoms with Crippen molar-refractivity contribution in [3.8, 4) is 0 Å². The molecule has 2 rings (SSSR count). The van der Waals surface area contributed by atoms with E-state index in [9.17, 15) is 14.7 Å². The second-order valence-electron chi connectivity index (χ2n) is 6.17. The lowest BCUT2D eigenvalue weighted by molar-refractivity contribution is -0.254. The fourth-order valence-electron chi connectivity index (χ4n) is 2.06. The highest BCUT2D eigenvalue weighted by molar-refractivity contribution is 7.16. The Morgan fingerprint density at radius 2 is 1.73 bits per heavy atom. The van der Waals surface area contributed by atoms with E-state index in [0.29, 0.717) is 10.6 Å². The molecule has 1 N–H and O–H groups in total. The van der Waals surface area contributed by atoms with Crippen molar-refractivity contribution >= 4 is 28.2 Å². The van der Waals surface area contributed by atoms with Gasteiger partial charge in [-0.15, -0.1) is 11.3 Å². The van der Waals surface area contributed by atoms with Gasteiger partial charge in [-0.05, 0) is 36.1 Å². The fourth-order valence-corrected chi connectivity index (χ4v) is 2.95. The molecule has 4 nitrogen and oxygen atoms in total. The van der Waals surface area contributed by atoms with Gasteiger partial charge in [-0.2, -0.15) is 0 Å². The average molecular weight is 316 g/mol. The van der Waals surface area contributed by atoms with Gasteiger partial charge >= 0.3 is 0 Å². The predicted octanol–water partition coefficient (Wildman–Crippen LogP) is 2.97. The lowest BCUT2D eigenvalue weighted by Gasteiger charge is -2.19. The summed E-state index contributed by atoms with van der Waals surface area (Å²) < 4.78 is 0. The lowest BCUT2D eigenvalue weighted by atomic mass is 9.87. The Morgan fingerprint density at radius 1 is 1.14 bits per heavy atom. The normalized spacial score (nSPS) is 11.3. The van der Waals surface area contributed by atoms with Crippen LogP contribution in [0.4, 0.5) is 5.00 Å². The van der Waals surface area contributed by atoms with E-state index in [1.54, 1.807) is 19.1 Å². The van der Waals surface area contributed by atoms with Crippen LogP contribution in [0, 0.1) is 6.92 Å². The van der Waals surface area contributed by atoms with Crippen molar-refractivity contribution < 1.29 is 14.7 Å². The zero-order valence-electron chi connectivity index (χ0n) is 13.0. The molecule has 0 radical (unpaired) electrons. The average Bonchev–Trinajstić information content (AvgIpc) is 2.79. The molecule has 0 aliphatic heterocycles. The molecule has 0 atom stereocenters. The molecule has 0 aliphatic carbocycles. The minimum atomic E-state index is -1.29. The number of carboxylic acids is 1. The maximum absolute atomic E-state index is 12.2. The molecule has 0 bridgehead atoms. The predicted molar refractivity (Wildman–Crippen MR) is 86.5 cm³/mol. The SMILES string of the molecule is Cc1cc(C(=O)[O-])c(NC(=O)c2ccc(C(C)(C)C)cc2)s1. The number of anilines is 1. The Labute approximate surface area is 133 Å². The molecular weight excluding hydrogens is 298 g/mol. The van der Waals surface area contributed by atoms with Gasteiger partial charge in [0.1, 0.15) is 5.00 Å². The minimum Gasteiger partial charge on any atom is -0.545 e. The molecule has 0 spiro atoms. The first-order chi connectivity index (χ1) is 10.2. The van der Waals surface area contributed by atoms with E-state index in [2.05, 4.69) is 26.1 Å². The van der Waals surface area contributed by atoms with Gasteiger partial charge in [0.05, 0.1) is 5.97 Å². The van der Waals surface area contributed by atoms with E-state index < -0.39 is 5.97 Å². The first kappa shape index (κ1) is 16.2. The van der Waals surface area contributed by atoms with Crippen LogP contribution in [0.15, 0.2) is 30.3 Å². The quantitative estimate of drug-likeness (QED) is 0.946. The number of carbonyl (C=O) groups is 2. The third-order valence-electron chi connectivity index (χ3n) is 3.32. The van der Waals surface area contributed by atoms with Gasteiger partial charge in [-0.25, -0.2) is 0 Å². The van der Waals surface area contributed by atoms with Crippen LogP contribution >= 0.6 is 11.3 Å². The molecule has 1 aromatic carbocycles. The van der Waals surface area contributed by atoms with Crippen LogP contribution in [0.5, 0.6) is 0 Å². The van der Waals surface area contributed by atoms with Gasteiger partial charge in [0.25, 0.3) is 5.91 Å². The first-order valence-electron chi connectivity index (χ1n) is 6.92. The molecule has 0 aliphatic rings. The van der Waals surface area contributed by atoms with Crippen molar-refractivity contribution in [2.24, 2.45) is 0 Å². The molecule has 1 aromatic heterocycles. The monoisotopic (exact) mass is 316 g/mol. The number of rotatable bonds is 3. The van der Waals surface area contributed by atoms with Gasteiger partial charge in [0.2, 0.25) is 0 Å². The third kappa shape index (κ3) is 3.54. The van der Waals surface area contributed by atoms with Gasteiger partial charge in [0.15, 0.2) is 0 Å². The number of thiophene rings is 1. The van der Waals surface area contributed by atoms with Crippen LogP contribution in [0.1, 0.15) is 51.9 Å². The van der Waals surface area contributed by atoms with Crippen LogP contribution in [0.25, 0.3) is 0 Å². The molecule has 0 unspecified atom stereocenters. The van der Waals surface area contributed by atoms with Crippen LogP contribution < -0.4 is 10.4 Å². The first-order valence-corrected chi connectivity index (χ1v) is 7.74. The Morgan fingerprint density at radius 3 is 2.23 bits per heavy atom. The zero-order valence-corrected chi connectivity index (χ0v) is 13.8. The molecule has 1 amide bonds. The molecule has 0 saturated carbocycles. The molecule has 2 aromatic rings. The van der Waals surface area contributed by atoms with E-state index in [4.69, 9.17) is 0 Å². The maximum atomic E-state index is 12.2. The van der Waals surface area contributed by atoms with Crippen LogP contribution in [-0.2, 0) is 5.41 Å². The molecule has 22 heavy (non-hydrogen) atoms. The van der Waals surface area contributed by atoms with Crippen molar-refractivity contribution in [1.29, 1.82) is 0 Å². The molecule has 0 saturated heterocycles. The van der Waals surface area contributed by atoms with E-state index in [0.717, 1.165) is 10.4 Å². The standard InChI is InChI=1S/C17H19NO3S/c1-10-9-13(16(20)21)15(22-10)18-14(19)11-5-7-12(8-6-11)17(2,3)4/h5-9H,1-4H3,(H,18,19)(H,20,21)/p-1. The van der Waals surface area contributed by atoms with E-state index in [1.165, 1.54) is 17.4 Å². The third-order valence-corrected chi connectivity index (χ3v) is 4.28. The molecule has 1 heterocycles. The summed E-state index contributed by atoms with van der Waals surface area (Å²) in [6.07, 6.45) is 0. The highest BCUT2D eigenvalue weighted by atomic mass is 32.1. The van der Waals surface area contributed by atoms with Crippen molar-refractivity contribution in [3.63, 3.8) is 0 Å². The number of hydrogen-bond donors (Lipinski definition) is 1. The van der Waals surface area contributed by atoms with E-state index in [1.807, 2.05) is 12.1 Å². The Balaban J connectivity index is 2.21. The number of amides is 1. The lowest BCUT2D eigenvalue weighted by Crippen LogP contribution is -2.23. The summed E-state index contributed by atoms with van der Waals surface area (Å²) in [6.45, 7) is 8.08. The van der Waals surface area contributed by atoms with Crippen molar-refractivity contribution in [2.75, 3.05) is 5.32 Å². The largest absolute Gasteiger partial charge is 0.545 e. The Bertz CT molecular complexity index is 708. The highest BCUT2D eigenvalue weighted by Gasteiger charge is 2.16. The minimum absolute atomic E-state index is 0.0159. The second-order valence-corrected chi connectivity index (χ2v) is 7.43. The molecule has 5 heteroatoms. The topological polar surface area (TPSA) is 69.2 Å². The van der Waals surface area contributed by atoms with Gasteiger partial charge < -0.3 is 15.2 Å². The number of carboxylic acid groups (broad SMARTS) is 1. The van der Waals surface area contributed by atoms with Gasteiger partial charge in [0, 0.05) is 16.0 Å². The number of benzene rings is 1. The second kappa shape index (κ2) is 5.93. The summed E-state index contributed by atoms with van der Waals surface area (Å²) in [5.74, 6) is -1.62. The zero-order chi connectivity index (χ0) is 16.5. The Hall–Kier alpha value is -2.14. The Kier molecular flexibility index (Phi) is 4.37. The summed E-state index contributed by atoms with van der Waals surface area (Å²) in [5, 5.41) is 14.0. The fraction of sp³-hybridized carbons (Fsp3) is 0.294. The number of hydrogen-bond acceptors (Lipinski definition) is 4. The van der Waals surface area contributed by atoms with Crippen molar-refractivity contribution in [1.82, 2.24) is 0 Å². The van der Waals surface area contributed by atoms with E-state index in [-0.39, 0.29) is 16.9 Å². The van der Waals surface area contributed by atoms with Crippen LogP contribution in [-0.4, -0.2) is 11.9 Å².